The van der Waals surface area contributed by atoms with E-state index in [1.165, 1.54) is 12.3 Å². The highest BCUT2D eigenvalue weighted by atomic mass is 35.5. The van der Waals surface area contributed by atoms with Gasteiger partial charge in [0.05, 0.1) is 23.6 Å². The Labute approximate surface area is 118 Å². The van der Waals surface area contributed by atoms with Crippen molar-refractivity contribution in [3.05, 3.63) is 23.0 Å². The van der Waals surface area contributed by atoms with Gasteiger partial charge in [0.1, 0.15) is 5.15 Å². The van der Waals surface area contributed by atoms with Gasteiger partial charge < -0.3 is 16.2 Å². The molecule has 1 heterocycles. The van der Waals surface area contributed by atoms with Crippen molar-refractivity contribution in [1.82, 2.24) is 10.3 Å². The van der Waals surface area contributed by atoms with E-state index in [1.807, 2.05) is 20.8 Å². The Morgan fingerprint density at radius 1 is 1.58 bits per heavy atom. The molecule has 0 aliphatic carbocycles. The van der Waals surface area contributed by atoms with Gasteiger partial charge in [-0.1, -0.05) is 32.4 Å². The van der Waals surface area contributed by atoms with E-state index < -0.39 is 12.0 Å². The van der Waals surface area contributed by atoms with Gasteiger partial charge in [0.2, 0.25) is 0 Å². The average molecular weight is 286 g/mol. The molecule has 0 saturated heterocycles. The number of nitrogens with two attached hydrogens (primary N) is 1. The molecule has 1 rings (SSSR count). The Bertz CT molecular complexity index is 458. The second kappa shape index (κ2) is 6.21. The normalized spacial score (nSPS) is 13.1. The zero-order valence-electron chi connectivity index (χ0n) is 11.4. The van der Waals surface area contributed by atoms with Gasteiger partial charge in [-0.3, -0.25) is 4.79 Å². The first kappa shape index (κ1) is 15.7. The van der Waals surface area contributed by atoms with Crippen molar-refractivity contribution in [1.29, 1.82) is 0 Å². The summed E-state index contributed by atoms with van der Waals surface area (Å²) in [4.78, 5) is 15.7. The maximum atomic E-state index is 11.9. The lowest BCUT2D eigenvalue weighted by Gasteiger charge is -2.22. The minimum atomic E-state index is -0.600. The summed E-state index contributed by atoms with van der Waals surface area (Å²) >= 11 is 5.82. The molecule has 0 aromatic carbocycles. The molecule has 0 saturated carbocycles. The minimum absolute atomic E-state index is 0.000516. The summed E-state index contributed by atoms with van der Waals surface area (Å²) in [7, 11) is 0. The first-order valence-electron chi connectivity index (χ1n) is 6.06. The Balaban J connectivity index is 2.58. The quantitative estimate of drug-likeness (QED) is 0.737. The van der Waals surface area contributed by atoms with E-state index in [0.29, 0.717) is 12.1 Å². The number of nitrogen functional groups attached to an aromatic ring is 1. The molecule has 0 aliphatic rings. The molecule has 1 atom stereocenters. The van der Waals surface area contributed by atoms with Crippen LogP contribution in [0.5, 0.6) is 0 Å². The molecule has 1 aromatic rings. The molecule has 0 aliphatic heterocycles. The monoisotopic (exact) mass is 285 g/mol. The van der Waals surface area contributed by atoms with Crippen LogP contribution < -0.4 is 11.1 Å². The molecule has 19 heavy (non-hydrogen) atoms. The molecule has 5 nitrogen and oxygen atoms in total. The largest absolute Gasteiger partial charge is 0.397 e. The fourth-order valence-corrected chi connectivity index (χ4v) is 1.90. The van der Waals surface area contributed by atoms with Crippen LogP contribution in [0.1, 0.15) is 37.6 Å². The van der Waals surface area contributed by atoms with Gasteiger partial charge in [-0.15, -0.1) is 0 Å². The van der Waals surface area contributed by atoms with E-state index in [9.17, 15) is 9.90 Å². The molecule has 1 amide bonds. The number of halogens is 1. The molecule has 106 valence electrons. The Hall–Kier alpha value is -1.33. The van der Waals surface area contributed by atoms with Gasteiger partial charge in [-0.25, -0.2) is 4.98 Å². The van der Waals surface area contributed by atoms with Crippen LogP contribution >= 0.6 is 11.6 Å². The molecule has 0 fully saturated rings. The van der Waals surface area contributed by atoms with E-state index in [-0.39, 0.29) is 22.7 Å². The van der Waals surface area contributed by atoms with Gasteiger partial charge in [0.15, 0.2) is 0 Å². The fraction of sp³-hybridized carbons (Fsp3) is 0.538. The van der Waals surface area contributed by atoms with Crippen molar-refractivity contribution in [2.75, 3.05) is 12.3 Å². The van der Waals surface area contributed by atoms with E-state index in [4.69, 9.17) is 17.3 Å². The molecule has 6 heteroatoms. The highest BCUT2D eigenvalue weighted by molar-refractivity contribution is 6.32. The average Bonchev–Trinajstić information content (AvgIpc) is 2.27. The number of amides is 1. The zero-order valence-corrected chi connectivity index (χ0v) is 12.2. The highest BCUT2D eigenvalue weighted by Crippen LogP contribution is 2.20. The molecular weight excluding hydrogens is 266 g/mol. The van der Waals surface area contributed by atoms with Crippen molar-refractivity contribution in [2.24, 2.45) is 5.41 Å². The third-order valence-electron chi connectivity index (χ3n) is 2.45. The van der Waals surface area contributed by atoms with Gasteiger partial charge in [0, 0.05) is 6.54 Å². The predicted octanol–water partition coefficient (Wildman–Crippen LogP) is 1.84. The van der Waals surface area contributed by atoms with Gasteiger partial charge >= 0.3 is 0 Å². The second-order valence-corrected chi connectivity index (χ2v) is 6.09. The fourth-order valence-electron chi connectivity index (χ4n) is 1.71. The Morgan fingerprint density at radius 3 is 2.79 bits per heavy atom. The highest BCUT2D eigenvalue weighted by Gasteiger charge is 2.18. The van der Waals surface area contributed by atoms with E-state index in [1.54, 1.807) is 0 Å². The number of carbonyl (C=O) groups is 1. The van der Waals surface area contributed by atoms with Gasteiger partial charge in [0.25, 0.3) is 5.91 Å². The van der Waals surface area contributed by atoms with Gasteiger partial charge in [-0.05, 0) is 17.9 Å². The van der Waals surface area contributed by atoms with Crippen molar-refractivity contribution in [2.45, 2.75) is 33.3 Å². The van der Waals surface area contributed by atoms with Crippen LogP contribution in [0.15, 0.2) is 12.3 Å². The molecule has 4 N–H and O–H groups in total. The zero-order chi connectivity index (χ0) is 14.6. The molecule has 1 unspecified atom stereocenters. The van der Waals surface area contributed by atoms with Gasteiger partial charge in [-0.2, -0.15) is 0 Å². The molecule has 0 spiro atoms. The molecule has 0 radical (unpaired) electrons. The Morgan fingerprint density at radius 2 is 2.21 bits per heavy atom. The molecular formula is C13H20ClN3O2. The number of aliphatic hydroxyl groups is 1. The van der Waals surface area contributed by atoms with Crippen LogP contribution in [0.25, 0.3) is 0 Å². The first-order chi connectivity index (χ1) is 8.69. The summed E-state index contributed by atoms with van der Waals surface area (Å²) in [5.74, 6) is -0.391. The number of nitrogens with one attached hydrogen (secondary N) is 1. The number of carbonyl (C=O) groups excluding carboxylic acids is 1. The Kier molecular flexibility index (Phi) is 5.14. The summed E-state index contributed by atoms with van der Waals surface area (Å²) in [5, 5.41) is 12.5. The summed E-state index contributed by atoms with van der Waals surface area (Å²) in [6.07, 6.45) is 1.38. The third kappa shape index (κ3) is 5.44. The molecule has 0 bridgehead atoms. The van der Waals surface area contributed by atoms with Crippen LogP contribution in [0.3, 0.4) is 0 Å². The standard InChI is InChI=1S/C13H20ClN3O2/c1-13(2,3)5-9(18)7-17-12(19)10-4-8(15)6-16-11(10)14/h4,6,9,18H,5,7,15H2,1-3H3,(H,17,19). The van der Waals surface area contributed by atoms with Crippen LogP contribution in [-0.4, -0.2) is 28.6 Å². The van der Waals surface area contributed by atoms with Crippen molar-refractivity contribution < 1.29 is 9.90 Å². The van der Waals surface area contributed by atoms with Crippen molar-refractivity contribution in [3.8, 4) is 0 Å². The predicted molar refractivity (Wildman–Crippen MR) is 76.1 cm³/mol. The number of anilines is 1. The van der Waals surface area contributed by atoms with Crippen LogP contribution in [-0.2, 0) is 0 Å². The number of rotatable bonds is 4. The lowest BCUT2D eigenvalue weighted by atomic mass is 9.89. The van der Waals surface area contributed by atoms with E-state index in [0.717, 1.165) is 0 Å². The summed E-state index contributed by atoms with van der Waals surface area (Å²) in [6, 6.07) is 1.46. The topological polar surface area (TPSA) is 88.2 Å². The summed E-state index contributed by atoms with van der Waals surface area (Å²) in [5.41, 5.74) is 6.13. The SMILES string of the molecule is CC(C)(C)CC(O)CNC(=O)c1cc(N)cnc1Cl. The summed E-state index contributed by atoms with van der Waals surface area (Å²) in [6.45, 7) is 6.24. The van der Waals surface area contributed by atoms with Crippen LogP contribution in [0, 0.1) is 5.41 Å². The van der Waals surface area contributed by atoms with Crippen LogP contribution in [0.2, 0.25) is 5.15 Å². The van der Waals surface area contributed by atoms with Crippen molar-refractivity contribution in [3.63, 3.8) is 0 Å². The number of aromatic nitrogens is 1. The first-order valence-corrected chi connectivity index (χ1v) is 6.44. The summed E-state index contributed by atoms with van der Waals surface area (Å²) < 4.78 is 0. The number of hydrogen-bond donors (Lipinski definition) is 3. The number of pyridine rings is 1. The second-order valence-electron chi connectivity index (χ2n) is 5.74. The smallest absolute Gasteiger partial charge is 0.254 e. The maximum Gasteiger partial charge on any atom is 0.254 e. The minimum Gasteiger partial charge on any atom is -0.397 e. The van der Waals surface area contributed by atoms with E-state index >= 15 is 0 Å². The lowest BCUT2D eigenvalue weighted by Crippen LogP contribution is -2.34. The maximum absolute atomic E-state index is 11.9. The number of nitrogens with zero attached hydrogens (tertiary/aromatic N) is 1. The van der Waals surface area contributed by atoms with Crippen LogP contribution in [0.4, 0.5) is 5.69 Å². The van der Waals surface area contributed by atoms with E-state index in [2.05, 4.69) is 10.3 Å². The van der Waals surface area contributed by atoms with Crippen molar-refractivity contribution >= 4 is 23.2 Å². The molecule has 1 aromatic heterocycles. The lowest BCUT2D eigenvalue weighted by molar-refractivity contribution is 0.0868. The third-order valence-corrected chi connectivity index (χ3v) is 2.75. The number of hydrogen-bond acceptors (Lipinski definition) is 4. The number of aliphatic hydroxyl groups excluding tert-OH is 1.